The summed E-state index contributed by atoms with van der Waals surface area (Å²) >= 11 is 0. The molecule has 2 aromatic rings. The van der Waals surface area contributed by atoms with Crippen molar-refractivity contribution in [3.05, 3.63) is 48.3 Å². The third-order valence-corrected chi connectivity index (χ3v) is 5.11. The lowest BCUT2D eigenvalue weighted by molar-refractivity contribution is -0.133. The van der Waals surface area contributed by atoms with Crippen molar-refractivity contribution in [3.63, 3.8) is 0 Å². The lowest BCUT2D eigenvalue weighted by atomic mass is 9.86. The first-order valence-electron chi connectivity index (χ1n) is 9.15. The number of aryl methyl sites for hydroxylation is 1. The van der Waals surface area contributed by atoms with Gasteiger partial charge in [-0.25, -0.2) is 0 Å². The van der Waals surface area contributed by atoms with Crippen LogP contribution in [0.25, 0.3) is 0 Å². The van der Waals surface area contributed by atoms with Crippen LogP contribution in [-0.2, 0) is 11.8 Å². The van der Waals surface area contributed by atoms with Gasteiger partial charge in [0.05, 0.1) is 6.20 Å². The molecule has 0 bridgehead atoms. The Kier molecular flexibility index (Phi) is 5.93. The summed E-state index contributed by atoms with van der Waals surface area (Å²) in [4.78, 5) is 16.7. The standard InChI is InChI=1S/C20H28N4O2/c1-22-11-7-8-16(20(22)17-12-21-24(3)14-17)13-23(2)19(25)15-26-18-9-5-4-6-10-18/h4-6,9-10,12,14,16,20H,7-8,11,13,15H2,1-3H3/t16-,20+/m0/s1. The Bertz CT molecular complexity index is 716. The van der Waals surface area contributed by atoms with Crippen molar-refractivity contribution in [2.45, 2.75) is 18.9 Å². The van der Waals surface area contributed by atoms with Gasteiger partial charge in [-0.15, -0.1) is 0 Å². The molecule has 0 spiro atoms. The Hall–Kier alpha value is -2.34. The van der Waals surface area contributed by atoms with Gasteiger partial charge in [0.2, 0.25) is 0 Å². The van der Waals surface area contributed by atoms with Gasteiger partial charge in [-0.2, -0.15) is 5.10 Å². The number of carbonyl (C=O) groups excluding carboxylic acids is 1. The zero-order valence-electron chi connectivity index (χ0n) is 15.8. The van der Waals surface area contributed by atoms with Gasteiger partial charge < -0.3 is 9.64 Å². The largest absolute Gasteiger partial charge is 0.484 e. The monoisotopic (exact) mass is 356 g/mol. The van der Waals surface area contributed by atoms with E-state index in [1.807, 2.05) is 55.3 Å². The Morgan fingerprint density at radius 1 is 1.31 bits per heavy atom. The molecule has 1 aromatic carbocycles. The normalized spacial score (nSPS) is 20.7. The summed E-state index contributed by atoms with van der Waals surface area (Å²) in [5.74, 6) is 1.12. The van der Waals surface area contributed by atoms with Crippen LogP contribution in [0, 0.1) is 5.92 Å². The van der Waals surface area contributed by atoms with Gasteiger partial charge in [-0.1, -0.05) is 18.2 Å². The summed E-state index contributed by atoms with van der Waals surface area (Å²) in [6.45, 7) is 1.87. The molecule has 2 atom stereocenters. The fourth-order valence-electron chi connectivity index (χ4n) is 3.80. The van der Waals surface area contributed by atoms with Crippen molar-refractivity contribution in [1.29, 1.82) is 0 Å². The summed E-state index contributed by atoms with van der Waals surface area (Å²) in [6.07, 6.45) is 6.29. The highest BCUT2D eigenvalue weighted by molar-refractivity contribution is 5.77. The first kappa shape index (κ1) is 18.5. The van der Waals surface area contributed by atoms with Crippen molar-refractivity contribution >= 4 is 5.91 Å². The van der Waals surface area contributed by atoms with E-state index in [0.717, 1.165) is 31.7 Å². The van der Waals surface area contributed by atoms with E-state index in [1.165, 1.54) is 5.56 Å². The summed E-state index contributed by atoms with van der Waals surface area (Å²) in [5.41, 5.74) is 1.22. The number of carbonyl (C=O) groups is 1. The van der Waals surface area contributed by atoms with Gasteiger partial charge in [0.1, 0.15) is 5.75 Å². The topological polar surface area (TPSA) is 50.6 Å². The van der Waals surface area contributed by atoms with Gasteiger partial charge in [-0.05, 0) is 44.5 Å². The molecule has 0 radical (unpaired) electrons. The number of para-hydroxylation sites is 1. The molecule has 6 heteroatoms. The molecule has 0 unspecified atom stereocenters. The average Bonchev–Trinajstić information content (AvgIpc) is 3.06. The second-order valence-corrected chi connectivity index (χ2v) is 7.15. The number of hydrogen-bond acceptors (Lipinski definition) is 4. The number of amides is 1. The first-order valence-corrected chi connectivity index (χ1v) is 9.15. The number of ether oxygens (including phenoxy) is 1. The van der Waals surface area contributed by atoms with Crippen LogP contribution in [0.3, 0.4) is 0 Å². The van der Waals surface area contributed by atoms with Crippen LogP contribution < -0.4 is 4.74 Å². The molecule has 0 aliphatic carbocycles. The van der Waals surface area contributed by atoms with Crippen molar-refractivity contribution in [2.24, 2.45) is 13.0 Å². The maximum absolute atomic E-state index is 12.5. The van der Waals surface area contributed by atoms with Crippen LogP contribution in [0.2, 0.25) is 0 Å². The third-order valence-electron chi connectivity index (χ3n) is 5.11. The smallest absolute Gasteiger partial charge is 0.260 e. The van der Waals surface area contributed by atoms with E-state index >= 15 is 0 Å². The van der Waals surface area contributed by atoms with Gasteiger partial charge in [-0.3, -0.25) is 14.4 Å². The van der Waals surface area contributed by atoms with Gasteiger partial charge in [0, 0.05) is 38.4 Å². The number of likely N-dealkylation sites (N-methyl/N-ethyl adjacent to an activating group) is 1. The van der Waals surface area contributed by atoms with Crippen LogP contribution in [0.1, 0.15) is 24.4 Å². The Balaban J connectivity index is 1.60. The molecule has 0 saturated carbocycles. The molecule has 3 rings (SSSR count). The average molecular weight is 356 g/mol. The SMILES string of the molecule is CN(C[C@@H]1CCCN(C)[C@H]1c1cnn(C)c1)C(=O)COc1ccccc1. The molecule has 26 heavy (non-hydrogen) atoms. The maximum atomic E-state index is 12.5. The van der Waals surface area contributed by atoms with Crippen LogP contribution in [-0.4, -0.2) is 59.3 Å². The third kappa shape index (κ3) is 4.43. The molecule has 1 aliphatic rings. The number of hydrogen-bond donors (Lipinski definition) is 0. The zero-order valence-corrected chi connectivity index (χ0v) is 15.8. The highest BCUT2D eigenvalue weighted by Gasteiger charge is 2.32. The molecule has 6 nitrogen and oxygen atoms in total. The van der Waals surface area contributed by atoms with Gasteiger partial charge in [0.15, 0.2) is 6.61 Å². The molecular weight excluding hydrogens is 328 g/mol. The second-order valence-electron chi connectivity index (χ2n) is 7.15. The van der Waals surface area contributed by atoms with E-state index < -0.39 is 0 Å². The number of rotatable bonds is 6. The van der Waals surface area contributed by atoms with Crippen molar-refractivity contribution in [3.8, 4) is 5.75 Å². The van der Waals surface area contributed by atoms with Crippen LogP contribution in [0.4, 0.5) is 0 Å². The van der Waals surface area contributed by atoms with E-state index in [1.54, 1.807) is 4.90 Å². The minimum Gasteiger partial charge on any atom is -0.484 e. The molecule has 1 saturated heterocycles. The molecule has 0 N–H and O–H groups in total. The predicted molar refractivity (Wildman–Crippen MR) is 101 cm³/mol. The second kappa shape index (κ2) is 8.36. The summed E-state index contributed by atoms with van der Waals surface area (Å²) in [5, 5.41) is 4.33. The number of nitrogens with zero attached hydrogens (tertiary/aromatic N) is 4. The maximum Gasteiger partial charge on any atom is 0.260 e. The molecular formula is C20H28N4O2. The molecule has 1 amide bonds. The quantitative estimate of drug-likeness (QED) is 0.797. The highest BCUT2D eigenvalue weighted by atomic mass is 16.5. The Morgan fingerprint density at radius 2 is 2.08 bits per heavy atom. The molecule has 1 fully saturated rings. The van der Waals surface area contributed by atoms with Crippen molar-refractivity contribution in [1.82, 2.24) is 19.6 Å². The number of aromatic nitrogens is 2. The summed E-state index contributed by atoms with van der Waals surface area (Å²) in [7, 11) is 5.97. The lowest BCUT2D eigenvalue weighted by Crippen LogP contribution is -2.43. The van der Waals surface area contributed by atoms with Crippen LogP contribution in [0.5, 0.6) is 5.75 Å². The van der Waals surface area contributed by atoms with E-state index in [4.69, 9.17) is 4.74 Å². The van der Waals surface area contributed by atoms with Crippen LogP contribution >= 0.6 is 0 Å². The van der Waals surface area contributed by atoms with E-state index in [2.05, 4.69) is 23.2 Å². The van der Waals surface area contributed by atoms with Crippen molar-refractivity contribution < 1.29 is 9.53 Å². The Morgan fingerprint density at radius 3 is 2.77 bits per heavy atom. The fourth-order valence-corrected chi connectivity index (χ4v) is 3.80. The molecule has 140 valence electrons. The summed E-state index contributed by atoms with van der Waals surface area (Å²) in [6, 6.07) is 9.75. The van der Waals surface area contributed by atoms with Crippen molar-refractivity contribution in [2.75, 3.05) is 33.8 Å². The molecule has 1 aliphatic heterocycles. The van der Waals surface area contributed by atoms with Gasteiger partial charge >= 0.3 is 0 Å². The highest BCUT2D eigenvalue weighted by Crippen LogP contribution is 2.35. The Labute approximate surface area is 155 Å². The molecule has 2 heterocycles. The fraction of sp³-hybridized carbons (Fsp3) is 0.500. The van der Waals surface area contributed by atoms with E-state index in [-0.39, 0.29) is 12.5 Å². The minimum atomic E-state index is 0.00650. The first-order chi connectivity index (χ1) is 12.5. The van der Waals surface area contributed by atoms with E-state index in [9.17, 15) is 4.79 Å². The van der Waals surface area contributed by atoms with E-state index in [0.29, 0.717) is 12.0 Å². The van der Waals surface area contributed by atoms with Gasteiger partial charge in [0.25, 0.3) is 5.91 Å². The number of piperidine rings is 1. The predicted octanol–water partition coefficient (Wildman–Crippen LogP) is 2.34. The number of likely N-dealkylation sites (tertiary alicyclic amines) is 1. The zero-order chi connectivity index (χ0) is 18.5. The number of benzene rings is 1. The lowest BCUT2D eigenvalue weighted by Gasteiger charge is -2.40. The minimum absolute atomic E-state index is 0.00650. The summed E-state index contributed by atoms with van der Waals surface area (Å²) < 4.78 is 7.44. The van der Waals surface area contributed by atoms with Crippen LogP contribution in [0.15, 0.2) is 42.7 Å². The molecule has 1 aromatic heterocycles.